The lowest BCUT2D eigenvalue weighted by atomic mass is 9.91. The lowest BCUT2D eigenvalue weighted by Gasteiger charge is -2.33. The van der Waals surface area contributed by atoms with Crippen molar-refractivity contribution in [2.75, 3.05) is 13.1 Å². The average molecular weight is 295 g/mol. The number of rotatable bonds is 5. The molecule has 0 spiro atoms. The Morgan fingerprint density at radius 1 is 1.57 bits per heavy atom. The summed E-state index contributed by atoms with van der Waals surface area (Å²) in [4.78, 5) is 24.0. The molecule has 1 aromatic rings. The van der Waals surface area contributed by atoms with E-state index in [4.69, 9.17) is 5.73 Å². The van der Waals surface area contributed by atoms with Gasteiger partial charge in [0.25, 0.3) is 0 Å². The number of likely N-dealkylation sites (tertiary alicyclic amines) is 1. The van der Waals surface area contributed by atoms with Crippen molar-refractivity contribution in [1.82, 2.24) is 14.7 Å². The molecule has 1 saturated heterocycles. The quantitative estimate of drug-likeness (QED) is 0.637. The van der Waals surface area contributed by atoms with Crippen LogP contribution in [0, 0.1) is 16.0 Å². The van der Waals surface area contributed by atoms with Crippen LogP contribution in [-0.4, -0.2) is 44.6 Å². The molecule has 0 aliphatic carbocycles. The lowest BCUT2D eigenvalue weighted by Crippen LogP contribution is -2.42. The second-order valence-corrected chi connectivity index (χ2v) is 5.55. The Morgan fingerprint density at radius 2 is 2.24 bits per heavy atom. The van der Waals surface area contributed by atoms with Crippen molar-refractivity contribution < 1.29 is 9.72 Å². The van der Waals surface area contributed by atoms with Crippen LogP contribution in [0.25, 0.3) is 0 Å². The number of carbonyl (C=O) groups excluding carboxylic acids is 1. The summed E-state index contributed by atoms with van der Waals surface area (Å²) in [5, 5.41) is 14.4. The average Bonchev–Trinajstić information content (AvgIpc) is 2.94. The van der Waals surface area contributed by atoms with Gasteiger partial charge in [0.05, 0.1) is 4.92 Å². The first-order valence-electron chi connectivity index (χ1n) is 7.17. The molecule has 2 N–H and O–H groups in total. The summed E-state index contributed by atoms with van der Waals surface area (Å²) in [6.07, 6.45) is 4.73. The van der Waals surface area contributed by atoms with Crippen molar-refractivity contribution in [2.24, 2.45) is 11.7 Å². The van der Waals surface area contributed by atoms with E-state index in [1.54, 1.807) is 0 Å². The molecule has 0 saturated carbocycles. The molecule has 0 bridgehead atoms. The fourth-order valence-corrected chi connectivity index (χ4v) is 2.61. The summed E-state index contributed by atoms with van der Waals surface area (Å²) in [6, 6.07) is 0.173. The Bertz CT molecular complexity index is 506. The third-order valence-electron chi connectivity index (χ3n) is 4.02. The maximum Gasteiger partial charge on any atom is 0.306 e. The number of nitrogens with zero attached hydrogens (tertiary/aromatic N) is 4. The number of aromatic nitrogens is 2. The first kappa shape index (κ1) is 15.4. The van der Waals surface area contributed by atoms with Crippen LogP contribution >= 0.6 is 0 Å². The van der Waals surface area contributed by atoms with Crippen LogP contribution < -0.4 is 5.73 Å². The minimum absolute atomic E-state index is 0.0554. The predicted octanol–water partition coefficient (Wildman–Crippen LogP) is 0.767. The van der Waals surface area contributed by atoms with Crippen LogP contribution in [0.4, 0.5) is 5.69 Å². The molecule has 116 valence electrons. The van der Waals surface area contributed by atoms with Gasteiger partial charge in [-0.05, 0) is 25.7 Å². The van der Waals surface area contributed by atoms with Gasteiger partial charge in [0.1, 0.15) is 12.4 Å². The molecule has 21 heavy (non-hydrogen) atoms. The summed E-state index contributed by atoms with van der Waals surface area (Å²) in [5.74, 6) is 0.555. The predicted molar refractivity (Wildman–Crippen MR) is 76.5 cm³/mol. The molecule has 1 fully saturated rings. The largest absolute Gasteiger partial charge is 0.343 e. The van der Waals surface area contributed by atoms with Gasteiger partial charge in [-0.2, -0.15) is 5.10 Å². The Morgan fingerprint density at radius 3 is 2.76 bits per heavy atom. The van der Waals surface area contributed by atoms with E-state index in [9.17, 15) is 14.9 Å². The van der Waals surface area contributed by atoms with E-state index in [1.807, 2.05) is 11.8 Å². The van der Waals surface area contributed by atoms with Gasteiger partial charge in [0.15, 0.2) is 0 Å². The van der Waals surface area contributed by atoms with Crippen LogP contribution in [0.5, 0.6) is 0 Å². The maximum atomic E-state index is 12.1. The standard InChI is InChI=1S/C13H21N5O3/c1-10(14)11-2-5-16(6-3-11)13(19)4-7-17-9-12(8-15-17)18(20)21/h8-11H,2-7,14H2,1H3. The molecule has 8 heteroatoms. The first-order valence-corrected chi connectivity index (χ1v) is 7.17. The topological polar surface area (TPSA) is 107 Å². The molecule has 1 amide bonds. The Labute approximate surface area is 123 Å². The second-order valence-electron chi connectivity index (χ2n) is 5.55. The van der Waals surface area contributed by atoms with Crippen LogP contribution in [0.3, 0.4) is 0 Å². The summed E-state index contributed by atoms with van der Waals surface area (Å²) >= 11 is 0. The van der Waals surface area contributed by atoms with Crippen molar-refractivity contribution in [3.05, 3.63) is 22.5 Å². The van der Waals surface area contributed by atoms with E-state index in [2.05, 4.69) is 5.10 Å². The van der Waals surface area contributed by atoms with E-state index >= 15 is 0 Å². The van der Waals surface area contributed by atoms with Crippen LogP contribution in [0.2, 0.25) is 0 Å². The number of piperidine rings is 1. The van der Waals surface area contributed by atoms with Crippen molar-refractivity contribution in [2.45, 2.75) is 38.8 Å². The van der Waals surface area contributed by atoms with Crippen LogP contribution in [0.15, 0.2) is 12.4 Å². The molecular formula is C13H21N5O3. The zero-order valence-electron chi connectivity index (χ0n) is 12.1. The van der Waals surface area contributed by atoms with Crippen molar-refractivity contribution in [3.8, 4) is 0 Å². The van der Waals surface area contributed by atoms with Crippen molar-refractivity contribution in [3.63, 3.8) is 0 Å². The maximum absolute atomic E-state index is 12.1. The smallest absolute Gasteiger partial charge is 0.306 e. The van der Waals surface area contributed by atoms with E-state index in [1.165, 1.54) is 17.1 Å². The summed E-state index contributed by atoms with van der Waals surface area (Å²) in [5.41, 5.74) is 5.82. The zero-order chi connectivity index (χ0) is 15.4. The fourth-order valence-electron chi connectivity index (χ4n) is 2.61. The third-order valence-corrected chi connectivity index (χ3v) is 4.02. The number of nitro groups is 1. The molecule has 1 aliphatic heterocycles. The SMILES string of the molecule is CC(N)C1CCN(C(=O)CCn2cc([N+](=O)[O-])cn2)CC1. The van der Waals surface area contributed by atoms with Gasteiger partial charge >= 0.3 is 5.69 Å². The lowest BCUT2D eigenvalue weighted by molar-refractivity contribution is -0.385. The normalized spacial score (nSPS) is 17.7. The molecular weight excluding hydrogens is 274 g/mol. The monoisotopic (exact) mass is 295 g/mol. The van der Waals surface area contributed by atoms with Gasteiger partial charge in [-0.3, -0.25) is 19.6 Å². The van der Waals surface area contributed by atoms with Gasteiger partial charge < -0.3 is 10.6 Å². The van der Waals surface area contributed by atoms with Crippen LogP contribution in [0.1, 0.15) is 26.2 Å². The number of hydrogen-bond donors (Lipinski definition) is 1. The van der Waals surface area contributed by atoms with E-state index in [-0.39, 0.29) is 17.6 Å². The highest BCUT2D eigenvalue weighted by Gasteiger charge is 2.24. The van der Waals surface area contributed by atoms with Crippen molar-refractivity contribution in [1.29, 1.82) is 0 Å². The minimum Gasteiger partial charge on any atom is -0.343 e. The molecule has 1 unspecified atom stereocenters. The number of hydrogen-bond acceptors (Lipinski definition) is 5. The van der Waals surface area contributed by atoms with E-state index < -0.39 is 4.92 Å². The second kappa shape index (κ2) is 6.66. The summed E-state index contributed by atoms with van der Waals surface area (Å²) in [6.45, 7) is 3.85. The van der Waals surface area contributed by atoms with E-state index in [0.29, 0.717) is 18.9 Å². The zero-order valence-corrected chi connectivity index (χ0v) is 12.1. The molecule has 2 rings (SSSR count). The fraction of sp³-hybridized carbons (Fsp3) is 0.692. The highest BCUT2D eigenvalue weighted by Crippen LogP contribution is 2.20. The van der Waals surface area contributed by atoms with Crippen LogP contribution in [-0.2, 0) is 11.3 Å². The van der Waals surface area contributed by atoms with Gasteiger partial charge in [-0.1, -0.05) is 0 Å². The molecule has 8 nitrogen and oxygen atoms in total. The first-order chi connectivity index (χ1) is 9.97. The number of aryl methyl sites for hydroxylation is 1. The van der Waals surface area contributed by atoms with E-state index in [0.717, 1.165) is 25.9 Å². The van der Waals surface area contributed by atoms with Gasteiger partial charge in [0, 0.05) is 32.1 Å². The Kier molecular flexibility index (Phi) is 4.89. The van der Waals surface area contributed by atoms with Crippen molar-refractivity contribution >= 4 is 11.6 Å². The molecule has 1 aliphatic rings. The van der Waals surface area contributed by atoms with Gasteiger partial charge in [-0.25, -0.2) is 0 Å². The molecule has 1 atom stereocenters. The highest BCUT2D eigenvalue weighted by atomic mass is 16.6. The number of amides is 1. The molecule has 0 radical (unpaired) electrons. The molecule has 0 aromatic carbocycles. The number of nitrogens with two attached hydrogens (primary N) is 1. The summed E-state index contributed by atoms with van der Waals surface area (Å²) in [7, 11) is 0. The number of carbonyl (C=O) groups is 1. The van der Waals surface area contributed by atoms with Gasteiger partial charge in [0.2, 0.25) is 5.91 Å². The third kappa shape index (κ3) is 4.01. The van der Waals surface area contributed by atoms with Gasteiger partial charge in [-0.15, -0.1) is 0 Å². The summed E-state index contributed by atoms with van der Waals surface area (Å²) < 4.78 is 1.44. The highest BCUT2D eigenvalue weighted by molar-refractivity contribution is 5.76. The molecule has 1 aromatic heterocycles. The minimum atomic E-state index is -0.496. The Balaban J connectivity index is 1.78. The molecule has 2 heterocycles. The Hall–Kier alpha value is -1.96.